The van der Waals surface area contributed by atoms with Crippen LogP contribution in [-0.2, 0) is 20.7 Å². The van der Waals surface area contributed by atoms with Crippen molar-refractivity contribution in [1.29, 1.82) is 0 Å². The molecule has 1 aromatic carbocycles. The van der Waals surface area contributed by atoms with Crippen molar-refractivity contribution >= 4 is 17.6 Å². The normalized spacial score (nSPS) is 21.5. The Morgan fingerprint density at radius 2 is 1.85 bits per heavy atom. The van der Waals surface area contributed by atoms with E-state index in [-0.39, 0.29) is 24.0 Å². The minimum absolute atomic E-state index is 0.0385. The van der Waals surface area contributed by atoms with E-state index in [1.54, 1.807) is 7.11 Å². The van der Waals surface area contributed by atoms with E-state index in [2.05, 4.69) is 18.2 Å². The third-order valence-corrected chi connectivity index (χ3v) is 4.90. The molecule has 6 nitrogen and oxygen atoms in total. The summed E-state index contributed by atoms with van der Waals surface area (Å²) in [4.78, 5) is 23.1. The smallest absolute Gasteiger partial charge is 0.308 e. The van der Waals surface area contributed by atoms with Crippen LogP contribution in [0.2, 0.25) is 0 Å². The minimum atomic E-state index is -0.394. The van der Waals surface area contributed by atoms with E-state index in [1.807, 2.05) is 26.7 Å². The lowest BCUT2D eigenvalue weighted by atomic mass is 9.81. The van der Waals surface area contributed by atoms with Crippen LogP contribution < -0.4 is 14.8 Å². The van der Waals surface area contributed by atoms with Crippen molar-refractivity contribution in [2.75, 3.05) is 12.4 Å². The van der Waals surface area contributed by atoms with Crippen LogP contribution in [-0.4, -0.2) is 31.2 Å². The molecule has 1 fully saturated rings. The maximum Gasteiger partial charge on any atom is 0.308 e. The molecule has 0 saturated heterocycles. The maximum absolute atomic E-state index is 11.7. The first-order valence-electron chi connectivity index (χ1n) is 9.04. The largest absolute Gasteiger partial charge is 0.493 e. The monoisotopic (exact) mass is 371 g/mol. The van der Waals surface area contributed by atoms with Crippen LogP contribution in [0.3, 0.4) is 0 Å². The van der Waals surface area contributed by atoms with Crippen LogP contribution in [0, 0.1) is 32.6 Å². The lowest BCUT2D eigenvalue weighted by Crippen LogP contribution is -2.26. The van der Waals surface area contributed by atoms with Crippen LogP contribution in [0.1, 0.15) is 43.4 Å². The van der Waals surface area contributed by atoms with E-state index in [1.165, 1.54) is 13.8 Å². The third-order valence-electron chi connectivity index (χ3n) is 4.90. The summed E-state index contributed by atoms with van der Waals surface area (Å²) in [6.07, 6.45) is 8.41. The number of methoxy groups -OCH3 is 1. The van der Waals surface area contributed by atoms with Crippen LogP contribution in [0.15, 0.2) is 0 Å². The zero-order valence-corrected chi connectivity index (χ0v) is 16.3. The number of benzene rings is 1. The lowest BCUT2D eigenvalue weighted by Gasteiger charge is -2.25. The molecule has 1 saturated carbocycles. The standard InChI is InChI=1S/C21H25NO5/c1-11(26-13(3)23)10-16-12(2)20(25-5)21(27-14(4)24)18-15-8-6-7-9-17(15)22-19(16)18/h6-9,11,15,17,22H,10H2,1-5H3/t11-,15?,17?/m1/s1. The number of hydrogen-bond acceptors (Lipinski definition) is 6. The summed E-state index contributed by atoms with van der Waals surface area (Å²) in [6.45, 7) is 6.58. The van der Waals surface area contributed by atoms with Crippen molar-refractivity contribution in [3.63, 3.8) is 0 Å². The predicted molar refractivity (Wildman–Crippen MR) is 101 cm³/mol. The van der Waals surface area contributed by atoms with Gasteiger partial charge in [-0.1, -0.05) is 0 Å². The molecule has 144 valence electrons. The van der Waals surface area contributed by atoms with Gasteiger partial charge in [-0.3, -0.25) is 9.59 Å². The highest BCUT2D eigenvalue weighted by atomic mass is 16.6. The number of anilines is 1. The van der Waals surface area contributed by atoms with E-state index < -0.39 is 5.97 Å². The predicted octanol–water partition coefficient (Wildman–Crippen LogP) is 3.13. The molecule has 2 aliphatic rings. The Labute approximate surface area is 160 Å². The van der Waals surface area contributed by atoms with Gasteiger partial charge in [-0.05, 0) is 45.1 Å². The van der Waals surface area contributed by atoms with Gasteiger partial charge in [0.2, 0.25) is 0 Å². The number of ether oxygens (including phenoxy) is 3. The first kappa shape index (κ1) is 19.5. The van der Waals surface area contributed by atoms with Crippen LogP contribution in [0.5, 0.6) is 11.5 Å². The molecule has 1 heterocycles. The average Bonchev–Trinajstić information content (AvgIpc) is 2.97. The molecule has 1 aromatic rings. The third kappa shape index (κ3) is 3.75. The number of nitrogens with one attached hydrogen (secondary N) is 1. The first-order valence-corrected chi connectivity index (χ1v) is 9.04. The van der Waals surface area contributed by atoms with Crippen molar-refractivity contribution in [3.05, 3.63) is 42.4 Å². The van der Waals surface area contributed by atoms with Gasteiger partial charge in [0, 0.05) is 49.0 Å². The Hall–Kier alpha value is -2.24. The van der Waals surface area contributed by atoms with Gasteiger partial charge in [-0.25, -0.2) is 0 Å². The quantitative estimate of drug-likeness (QED) is 0.633. The van der Waals surface area contributed by atoms with Gasteiger partial charge >= 0.3 is 11.9 Å². The fourth-order valence-electron chi connectivity index (χ4n) is 3.92. The molecule has 0 bridgehead atoms. The molecular weight excluding hydrogens is 346 g/mol. The zero-order chi connectivity index (χ0) is 19.7. The number of rotatable bonds is 5. The molecule has 6 heteroatoms. The highest BCUT2D eigenvalue weighted by Gasteiger charge is 2.41. The van der Waals surface area contributed by atoms with Crippen molar-refractivity contribution in [2.45, 2.75) is 52.2 Å². The average molecular weight is 371 g/mol. The topological polar surface area (TPSA) is 73.9 Å². The molecule has 3 rings (SSSR count). The second-order valence-electron chi connectivity index (χ2n) is 6.94. The van der Waals surface area contributed by atoms with E-state index in [9.17, 15) is 9.59 Å². The number of hydrogen-bond donors (Lipinski definition) is 1. The summed E-state index contributed by atoms with van der Waals surface area (Å²) in [5, 5.41) is 3.54. The number of fused-ring (bicyclic) bond motifs is 3. The first-order chi connectivity index (χ1) is 12.8. The summed E-state index contributed by atoms with van der Waals surface area (Å²) in [7, 11) is 1.57. The van der Waals surface area contributed by atoms with Crippen molar-refractivity contribution < 1.29 is 23.8 Å². The number of carbonyl (C=O) groups excluding carboxylic acids is 2. The number of carbonyl (C=O) groups is 2. The zero-order valence-electron chi connectivity index (χ0n) is 16.3. The second kappa shape index (κ2) is 7.79. The van der Waals surface area contributed by atoms with Gasteiger partial charge in [0.15, 0.2) is 11.5 Å². The van der Waals surface area contributed by atoms with Gasteiger partial charge in [0.1, 0.15) is 6.10 Å². The Kier molecular flexibility index (Phi) is 5.63. The van der Waals surface area contributed by atoms with Gasteiger partial charge < -0.3 is 19.5 Å². The SMILES string of the molecule is COc1c(C)c(C[C@@H](C)OC(C)=O)c2c(c1OC(C)=O)C1[CH][CH][CH][CH]C1N2. The molecule has 0 spiro atoms. The van der Waals surface area contributed by atoms with Gasteiger partial charge in [0.05, 0.1) is 7.11 Å². The van der Waals surface area contributed by atoms with Crippen molar-refractivity contribution in [2.24, 2.45) is 0 Å². The summed E-state index contributed by atoms with van der Waals surface area (Å²) in [6, 6.07) is 0.0774. The van der Waals surface area contributed by atoms with E-state index in [0.29, 0.717) is 17.9 Å². The van der Waals surface area contributed by atoms with Gasteiger partial charge in [-0.15, -0.1) is 0 Å². The summed E-state index contributed by atoms with van der Waals surface area (Å²) in [5.74, 6) is 0.333. The maximum atomic E-state index is 11.7. The molecule has 4 radical (unpaired) electrons. The Balaban J connectivity index is 2.13. The molecule has 1 N–H and O–H groups in total. The molecule has 2 unspecified atom stereocenters. The Bertz CT molecular complexity index is 758. The van der Waals surface area contributed by atoms with E-state index >= 15 is 0 Å². The molecule has 0 amide bonds. The molecule has 27 heavy (non-hydrogen) atoms. The summed E-state index contributed by atoms with van der Waals surface area (Å²) < 4.78 is 16.6. The van der Waals surface area contributed by atoms with Crippen LogP contribution in [0.4, 0.5) is 5.69 Å². The summed E-state index contributed by atoms with van der Waals surface area (Å²) >= 11 is 0. The Morgan fingerprint density at radius 1 is 1.15 bits per heavy atom. The fraction of sp³-hybridized carbons (Fsp3) is 0.429. The molecular formula is C21H25NO5. The van der Waals surface area contributed by atoms with Gasteiger partial charge in [0.25, 0.3) is 0 Å². The number of esters is 2. The minimum Gasteiger partial charge on any atom is -0.493 e. The molecule has 1 aliphatic carbocycles. The lowest BCUT2D eigenvalue weighted by molar-refractivity contribution is -0.145. The summed E-state index contributed by atoms with van der Waals surface area (Å²) in [5.41, 5.74) is 3.70. The second-order valence-corrected chi connectivity index (χ2v) is 6.94. The highest BCUT2D eigenvalue weighted by molar-refractivity contribution is 5.81. The molecule has 0 aromatic heterocycles. The van der Waals surface area contributed by atoms with Crippen LogP contribution >= 0.6 is 0 Å². The fourth-order valence-corrected chi connectivity index (χ4v) is 3.92. The highest BCUT2D eigenvalue weighted by Crippen LogP contribution is 2.53. The van der Waals surface area contributed by atoms with Crippen LogP contribution in [0.25, 0.3) is 0 Å². The van der Waals surface area contributed by atoms with Crippen molar-refractivity contribution in [1.82, 2.24) is 0 Å². The van der Waals surface area contributed by atoms with Crippen molar-refractivity contribution in [3.8, 4) is 11.5 Å². The van der Waals surface area contributed by atoms with E-state index in [0.717, 1.165) is 22.4 Å². The van der Waals surface area contributed by atoms with Gasteiger partial charge in [-0.2, -0.15) is 0 Å². The molecule has 3 atom stereocenters. The Morgan fingerprint density at radius 3 is 2.48 bits per heavy atom. The van der Waals surface area contributed by atoms with E-state index in [4.69, 9.17) is 14.2 Å². The molecule has 1 aliphatic heterocycles.